The number of carbonyl (C=O) groups excluding carboxylic acids is 2. The molecule has 0 saturated heterocycles. The largest absolute Gasteiger partial charge is 0.385 e. The lowest BCUT2D eigenvalue weighted by Crippen LogP contribution is -2.55. The van der Waals surface area contributed by atoms with E-state index in [1.165, 1.54) is 0 Å². The number of ketones is 2. The number of hydrogen-bond acceptors (Lipinski definition) is 3. The van der Waals surface area contributed by atoms with Crippen molar-refractivity contribution in [1.82, 2.24) is 0 Å². The zero-order valence-corrected chi connectivity index (χ0v) is 10.7. The Kier molecular flexibility index (Phi) is 2.77. The number of allylic oxidation sites excluding steroid dienone is 1. The minimum absolute atomic E-state index is 0.0652. The molecule has 0 aromatic heterocycles. The van der Waals surface area contributed by atoms with Gasteiger partial charge in [0.05, 0.1) is 5.60 Å². The monoisotopic (exact) mass is 236 g/mol. The predicted octanol–water partition coefficient (Wildman–Crippen LogP) is 2.03. The number of carbonyl (C=O) groups is 2. The molecule has 0 bridgehead atoms. The van der Waals surface area contributed by atoms with Gasteiger partial charge in [-0.2, -0.15) is 0 Å². The zero-order chi connectivity index (χ0) is 12.8. The fourth-order valence-electron chi connectivity index (χ4n) is 3.42. The molecule has 2 aliphatic carbocycles. The molecule has 3 unspecified atom stereocenters. The molecule has 0 radical (unpaired) electrons. The molecule has 0 aliphatic heterocycles. The van der Waals surface area contributed by atoms with Gasteiger partial charge in [-0.05, 0) is 44.8 Å². The van der Waals surface area contributed by atoms with Crippen molar-refractivity contribution in [3.05, 3.63) is 11.6 Å². The fourth-order valence-corrected chi connectivity index (χ4v) is 3.42. The summed E-state index contributed by atoms with van der Waals surface area (Å²) in [4.78, 5) is 23.1. The van der Waals surface area contributed by atoms with E-state index >= 15 is 0 Å². The van der Waals surface area contributed by atoms with E-state index < -0.39 is 11.0 Å². The lowest BCUT2D eigenvalue weighted by molar-refractivity contribution is -0.141. The first-order valence-electron chi connectivity index (χ1n) is 6.23. The number of hydrogen-bond donors (Lipinski definition) is 1. The molecule has 0 aromatic rings. The van der Waals surface area contributed by atoms with Crippen molar-refractivity contribution >= 4 is 11.6 Å². The van der Waals surface area contributed by atoms with Crippen LogP contribution in [-0.2, 0) is 9.59 Å². The topological polar surface area (TPSA) is 54.4 Å². The molecule has 0 aromatic carbocycles. The lowest BCUT2D eigenvalue weighted by atomic mass is 9.54. The standard InChI is InChI=1S/C14H20O3/c1-9-6-12(16)8-13(3)5-4-11(10(2)15)7-14(9,13)17/h6,11,17H,4-5,7-8H2,1-3H3. The van der Waals surface area contributed by atoms with Gasteiger partial charge in [-0.25, -0.2) is 0 Å². The van der Waals surface area contributed by atoms with Crippen LogP contribution in [0.25, 0.3) is 0 Å². The number of fused-ring (bicyclic) bond motifs is 1. The summed E-state index contributed by atoms with van der Waals surface area (Å²) in [5.74, 6) is 0.172. The molecule has 0 spiro atoms. The lowest BCUT2D eigenvalue weighted by Gasteiger charge is -2.52. The number of Topliss-reactive ketones (excluding diaryl/α,β-unsaturated/α-hetero) is 1. The Hall–Kier alpha value is -0.960. The minimum Gasteiger partial charge on any atom is -0.385 e. The van der Waals surface area contributed by atoms with Crippen molar-refractivity contribution in [3.8, 4) is 0 Å². The van der Waals surface area contributed by atoms with E-state index in [1.54, 1.807) is 19.9 Å². The van der Waals surface area contributed by atoms with Gasteiger partial charge >= 0.3 is 0 Å². The van der Waals surface area contributed by atoms with Crippen molar-refractivity contribution in [3.63, 3.8) is 0 Å². The summed E-state index contributed by atoms with van der Waals surface area (Å²) in [5, 5.41) is 10.9. The second kappa shape index (κ2) is 3.77. The normalized spacial score (nSPS) is 41.8. The number of rotatable bonds is 1. The molecule has 1 N–H and O–H groups in total. The quantitative estimate of drug-likeness (QED) is 0.758. The van der Waals surface area contributed by atoms with Crippen LogP contribution in [0.4, 0.5) is 0 Å². The van der Waals surface area contributed by atoms with Crippen LogP contribution in [0.1, 0.15) is 46.5 Å². The molecule has 2 aliphatic rings. The summed E-state index contributed by atoms with van der Waals surface area (Å²) >= 11 is 0. The van der Waals surface area contributed by atoms with Crippen LogP contribution >= 0.6 is 0 Å². The molecule has 0 amide bonds. The molecule has 17 heavy (non-hydrogen) atoms. The SMILES string of the molecule is CC(=O)C1CCC2(C)CC(=O)C=C(C)C2(O)C1. The summed E-state index contributed by atoms with van der Waals surface area (Å²) in [6, 6.07) is 0. The fraction of sp³-hybridized carbons (Fsp3) is 0.714. The maximum absolute atomic E-state index is 11.6. The second-order valence-electron chi connectivity index (χ2n) is 5.94. The first-order valence-corrected chi connectivity index (χ1v) is 6.23. The smallest absolute Gasteiger partial charge is 0.156 e. The zero-order valence-electron chi connectivity index (χ0n) is 10.7. The van der Waals surface area contributed by atoms with Crippen LogP contribution in [0, 0.1) is 11.3 Å². The highest BCUT2D eigenvalue weighted by Gasteiger charge is 2.55. The minimum atomic E-state index is -0.977. The van der Waals surface area contributed by atoms with Crippen molar-refractivity contribution in [2.75, 3.05) is 0 Å². The van der Waals surface area contributed by atoms with Gasteiger partial charge < -0.3 is 5.11 Å². The van der Waals surface area contributed by atoms with Crippen molar-refractivity contribution in [2.24, 2.45) is 11.3 Å². The van der Waals surface area contributed by atoms with Gasteiger partial charge in [0.1, 0.15) is 5.78 Å². The van der Waals surface area contributed by atoms with Crippen molar-refractivity contribution in [2.45, 2.75) is 52.1 Å². The maximum atomic E-state index is 11.6. The van der Waals surface area contributed by atoms with E-state index in [0.29, 0.717) is 12.8 Å². The van der Waals surface area contributed by atoms with E-state index in [1.807, 2.05) is 6.92 Å². The molecule has 3 nitrogen and oxygen atoms in total. The van der Waals surface area contributed by atoms with Crippen LogP contribution in [-0.4, -0.2) is 22.3 Å². The van der Waals surface area contributed by atoms with Gasteiger partial charge in [0.25, 0.3) is 0 Å². The van der Waals surface area contributed by atoms with E-state index in [2.05, 4.69) is 0 Å². The van der Waals surface area contributed by atoms with Crippen LogP contribution in [0.5, 0.6) is 0 Å². The summed E-state index contributed by atoms with van der Waals surface area (Å²) in [6.07, 6.45) is 3.93. The molecular weight excluding hydrogens is 216 g/mol. The van der Waals surface area contributed by atoms with Crippen molar-refractivity contribution < 1.29 is 14.7 Å². The van der Waals surface area contributed by atoms with Gasteiger partial charge in [-0.15, -0.1) is 0 Å². The molecule has 1 saturated carbocycles. The van der Waals surface area contributed by atoms with E-state index in [-0.39, 0.29) is 17.5 Å². The maximum Gasteiger partial charge on any atom is 0.156 e. The Balaban J connectivity index is 2.40. The Bertz CT molecular complexity index is 410. The van der Waals surface area contributed by atoms with Crippen LogP contribution in [0.15, 0.2) is 11.6 Å². The van der Waals surface area contributed by atoms with Gasteiger partial charge in [-0.3, -0.25) is 9.59 Å². The highest BCUT2D eigenvalue weighted by Crippen LogP contribution is 2.54. The molecular formula is C14H20O3. The third kappa shape index (κ3) is 1.77. The Morgan fingerprint density at radius 3 is 2.76 bits per heavy atom. The van der Waals surface area contributed by atoms with Gasteiger partial charge in [0.15, 0.2) is 5.78 Å². The Labute approximate surface area is 102 Å². The van der Waals surface area contributed by atoms with E-state index in [0.717, 1.165) is 18.4 Å². The molecule has 3 heteroatoms. The first-order chi connectivity index (χ1) is 7.78. The van der Waals surface area contributed by atoms with Crippen LogP contribution in [0.3, 0.4) is 0 Å². The van der Waals surface area contributed by atoms with Crippen LogP contribution in [0.2, 0.25) is 0 Å². The number of aliphatic hydroxyl groups is 1. The van der Waals surface area contributed by atoms with Gasteiger partial charge in [0, 0.05) is 17.8 Å². The van der Waals surface area contributed by atoms with E-state index in [9.17, 15) is 14.7 Å². The molecule has 1 fully saturated rings. The molecule has 0 heterocycles. The average molecular weight is 236 g/mol. The summed E-state index contributed by atoms with van der Waals surface area (Å²) in [7, 11) is 0. The van der Waals surface area contributed by atoms with E-state index in [4.69, 9.17) is 0 Å². The van der Waals surface area contributed by atoms with Crippen LogP contribution < -0.4 is 0 Å². The Morgan fingerprint density at radius 2 is 2.18 bits per heavy atom. The predicted molar refractivity (Wildman–Crippen MR) is 64.5 cm³/mol. The molecule has 3 atom stereocenters. The highest BCUT2D eigenvalue weighted by molar-refractivity contribution is 5.92. The molecule has 2 rings (SSSR count). The highest BCUT2D eigenvalue weighted by atomic mass is 16.3. The summed E-state index contributed by atoms with van der Waals surface area (Å²) < 4.78 is 0. The third-order valence-corrected chi connectivity index (χ3v) is 4.75. The summed E-state index contributed by atoms with van der Waals surface area (Å²) in [5.41, 5.74) is -0.646. The van der Waals surface area contributed by atoms with Gasteiger partial charge in [-0.1, -0.05) is 6.92 Å². The Morgan fingerprint density at radius 1 is 1.53 bits per heavy atom. The molecule has 94 valence electrons. The second-order valence-corrected chi connectivity index (χ2v) is 5.94. The van der Waals surface area contributed by atoms with Gasteiger partial charge in [0.2, 0.25) is 0 Å². The average Bonchev–Trinajstić information content (AvgIpc) is 2.20. The van der Waals surface area contributed by atoms with Crippen molar-refractivity contribution in [1.29, 1.82) is 0 Å². The summed E-state index contributed by atoms with van der Waals surface area (Å²) in [6.45, 7) is 5.36. The third-order valence-electron chi connectivity index (χ3n) is 4.75. The first kappa shape index (κ1) is 12.5.